The average molecular weight is 623 g/mol. The predicted octanol–water partition coefficient (Wildman–Crippen LogP) is 3.94. The number of amides is 2. The summed E-state index contributed by atoms with van der Waals surface area (Å²) >= 11 is 6.11. The maximum absolute atomic E-state index is 12.3. The Labute approximate surface area is 261 Å². The van der Waals surface area contributed by atoms with Gasteiger partial charge in [-0.25, -0.2) is 19.7 Å². The standard InChI is InChI=1S/C31H39ClN8O4/c1-19(2)39(13-5-12-33-31(43)38-23-10-8-20(3)9-11-23)16-24-26(41)27(42)30(44-24)40-18-37-25-28(35-17-36-29(25)40)34-15-21-6-4-7-22(32)14-21/h4,6-11,14,17-19,24,26-27,30,41-42H,5,12-13,15-16H2,1-3H3,(H2,33,38,43)(H,34,35,36)/t24-,26-,27-,30-/m1/s1. The number of nitrogens with zero attached hydrogens (tertiary/aromatic N) is 5. The Kier molecular flexibility index (Phi) is 10.3. The Morgan fingerprint density at radius 3 is 2.66 bits per heavy atom. The Bertz CT molecular complexity index is 1550. The van der Waals surface area contributed by atoms with Gasteiger partial charge in [0, 0.05) is 42.9 Å². The molecule has 5 N–H and O–H groups in total. The van der Waals surface area contributed by atoms with Gasteiger partial charge in [-0.2, -0.15) is 0 Å². The lowest BCUT2D eigenvalue weighted by Gasteiger charge is -2.30. The first-order valence-corrected chi connectivity index (χ1v) is 15.1. The van der Waals surface area contributed by atoms with Gasteiger partial charge in [0.15, 0.2) is 23.2 Å². The molecule has 5 rings (SSSR count). The first-order chi connectivity index (χ1) is 21.2. The van der Waals surface area contributed by atoms with Gasteiger partial charge in [0.1, 0.15) is 24.6 Å². The Morgan fingerprint density at radius 1 is 1.11 bits per heavy atom. The molecule has 2 aromatic carbocycles. The highest BCUT2D eigenvalue weighted by Crippen LogP contribution is 2.33. The van der Waals surface area contributed by atoms with E-state index in [1.54, 1.807) is 10.9 Å². The lowest BCUT2D eigenvalue weighted by atomic mass is 10.1. The van der Waals surface area contributed by atoms with Crippen LogP contribution in [0.2, 0.25) is 5.02 Å². The number of halogens is 1. The van der Waals surface area contributed by atoms with Crippen LogP contribution < -0.4 is 16.0 Å². The summed E-state index contributed by atoms with van der Waals surface area (Å²) in [5.41, 5.74) is 3.84. The van der Waals surface area contributed by atoms with Crippen LogP contribution in [-0.4, -0.2) is 84.7 Å². The number of aryl methyl sites for hydroxylation is 1. The van der Waals surface area contributed by atoms with E-state index >= 15 is 0 Å². The molecule has 1 aliphatic heterocycles. The molecule has 12 nitrogen and oxygen atoms in total. The number of carbonyl (C=O) groups excluding carboxylic acids is 1. The fourth-order valence-corrected chi connectivity index (χ4v) is 5.41. The number of aliphatic hydroxyl groups is 2. The number of hydrogen-bond acceptors (Lipinski definition) is 9. The number of carbonyl (C=O) groups is 1. The van der Waals surface area contributed by atoms with E-state index in [1.165, 1.54) is 6.33 Å². The van der Waals surface area contributed by atoms with Crippen LogP contribution in [0.15, 0.2) is 61.2 Å². The molecule has 234 valence electrons. The van der Waals surface area contributed by atoms with Crippen LogP contribution in [0.5, 0.6) is 0 Å². The van der Waals surface area contributed by atoms with Crippen molar-refractivity contribution in [3.8, 4) is 0 Å². The molecule has 0 bridgehead atoms. The van der Waals surface area contributed by atoms with Crippen LogP contribution in [0.4, 0.5) is 16.3 Å². The van der Waals surface area contributed by atoms with E-state index in [-0.39, 0.29) is 12.1 Å². The highest BCUT2D eigenvalue weighted by atomic mass is 35.5. The molecule has 4 aromatic rings. The van der Waals surface area contributed by atoms with Crippen LogP contribution in [0, 0.1) is 6.92 Å². The van der Waals surface area contributed by atoms with E-state index in [0.717, 1.165) is 16.8 Å². The normalized spacial score (nSPS) is 20.0. The van der Waals surface area contributed by atoms with Crippen molar-refractivity contribution in [1.82, 2.24) is 29.7 Å². The summed E-state index contributed by atoms with van der Waals surface area (Å²) in [5, 5.41) is 31.6. The lowest BCUT2D eigenvalue weighted by molar-refractivity contribution is -0.0468. The molecule has 0 spiro atoms. The highest BCUT2D eigenvalue weighted by molar-refractivity contribution is 6.30. The van der Waals surface area contributed by atoms with Crippen molar-refractivity contribution in [2.75, 3.05) is 30.3 Å². The molecule has 1 fully saturated rings. The van der Waals surface area contributed by atoms with E-state index < -0.39 is 24.5 Å². The Hall–Kier alpha value is -3.81. The molecule has 0 aliphatic carbocycles. The van der Waals surface area contributed by atoms with E-state index in [0.29, 0.717) is 54.6 Å². The van der Waals surface area contributed by atoms with E-state index in [9.17, 15) is 15.0 Å². The summed E-state index contributed by atoms with van der Waals surface area (Å²) in [6.07, 6.45) is -0.156. The van der Waals surface area contributed by atoms with Crippen molar-refractivity contribution < 1.29 is 19.7 Å². The molecule has 0 radical (unpaired) electrons. The number of rotatable bonds is 12. The van der Waals surface area contributed by atoms with Crippen molar-refractivity contribution in [3.63, 3.8) is 0 Å². The third-order valence-corrected chi connectivity index (χ3v) is 7.92. The number of fused-ring (bicyclic) bond motifs is 1. The molecule has 1 aliphatic rings. The van der Waals surface area contributed by atoms with E-state index in [2.05, 4.69) is 49.6 Å². The molecule has 2 aromatic heterocycles. The zero-order valence-electron chi connectivity index (χ0n) is 25.0. The topological polar surface area (TPSA) is 150 Å². The van der Waals surface area contributed by atoms with Crippen molar-refractivity contribution in [1.29, 1.82) is 0 Å². The number of urea groups is 1. The molecular formula is C31H39ClN8O4. The minimum atomic E-state index is -1.18. The van der Waals surface area contributed by atoms with Crippen LogP contribution in [0.1, 0.15) is 37.6 Å². The number of aliphatic hydroxyl groups excluding tert-OH is 2. The van der Waals surface area contributed by atoms with Gasteiger partial charge in [0.2, 0.25) is 0 Å². The van der Waals surface area contributed by atoms with Crippen LogP contribution in [-0.2, 0) is 11.3 Å². The van der Waals surface area contributed by atoms with Gasteiger partial charge in [-0.15, -0.1) is 0 Å². The van der Waals surface area contributed by atoms with Gasteiger partial charge in [-0.1, -0.05) is 41.4 Å². The second kappa shape index (κ2) is 14.3. The maximum atomic E-state index is 12.3. The first-order valence-electron chi connectivity index (χ1n) is 14.7. The number of nitrogens with one attached hydrogen (secondary N) is 3. The monoisotopic (exact) mass is 622 g/mol. The number of hydrogen-bond donors (Lipinski definition) is 5. The highest BCUT2D eigenvalue weighted by Gasteiger charge is 2.45. The van der Waals surface area contributed by atoms with Crippen molar-refractivity contribution in [2.24, 2.45) is 0 Å². The summed E-state index contributed by atoms with van der Waals surface area (Å²) in [7, 11) is 0. The van der Waals surface area contributed by atoms with Crippen molar-refractivity contribution in [3.05, 3.63) is 77.3 Å². The lowest BCUT2D eigenvalue weighted by Crippen LogP contribution is -2.44. The fourth-order valence-electron chi connectivity index (χ4n) is 5.20. The van der Waals surface area contributed by atoms with Gasteiger partial charge < -0.3 is 30.9 Å². The van der Waals surface area contributed by atoms with E-state index in [1.807, 2.05) is 55.5 Å². The van der Waals surface area contributed by atoms with Crippen LogP contribution in [0.25, 0.3) is 11.2 Å². The Balaban J connectivity index is 1.17. The summed E-state index contributed by atoms with van der Waals surface area (Å²) < 4.78 is 7.86. The first kappa shape index (κ1) is 31.6. The third kappa shape index (κ3) is 7.63. The second-order valence-corrected chi connectivity index (χ2v) is 11.7. The number of ether oxygens (including phenoxy) is 1. The predicted molar refractivity (Wildman–Crippen MR) is 170 cm³/mol. The smallest absolute Gasteiger partial charge is 0.319 e. The molecule has 0 unspecified atom stereocenters. The maximum Gasteiger partial charge on any atom is 0.319 e. The zero-order valence-corrected chi connectivity index (χ0v) is 25.8. The molecule has 13 heteroatoms. The number of benzene rings is 2. The largest absolute Gasteiger partial charge is 0.387 e. The summed E-state index contributed by atoms with van der Waals surface area (Å²) in [6, 6.07) is 15.0. The molecule has 2 amide bonds. The fraction of sp³-hybridized carbons (Fsp3) is 0.419. The Morgan fingerprint density at radius 2 is 1.91 bits per heavy atom. The molecule has 1 saturated heterocycles. The second-order valence-electron chi connectivity index (χ2n) is 11.3. The van der Waals surface area contributed by atoms with E-state index in [4.69, 9.17) is 16.3 Å². The molecular weight excluding hydrogens is 584 g/mol. The summed E-state index contributed by atoms with van der Waals surface area (Å²) in [6.45, 7) is 8.15. The number of imidazole rings is 1. The molecule has 0 saturated carbocycles. The number of aromatic nitrogens is 4. The summed E-state index contributed by atoms with van der Waals surface area (Å²) in [4.78, 5) is 27.6. The van der Waals surface area contributed by atoms with Gasteiger partial charge in [-0.05, 0) is 57.0 Å². The molecule has 44 heavy (non-hydrogen) atoms. The summed E-state index contributed by atoms with van der Waals surface area (Å²) in [5.74, 6) is 0.533. The zero-order chi connectivity index (χ0) is 31.2. The van der Waals surface area contributed by atoms with Crippen molar-refractivity contribution >= 4 is 40.3 Å². The minimum absolute atomic E-state index is 0.151. The molecule has 4 atom stereocenters. The third-order valence-electron chi connectivity index (χ3n) is 7.68. The molecule has 3 heterocycles. The SMILES string of the molecule is Cc1ccc(NC(=O)NCCCN(C[C@H]2O[C@@H](n3cnc4c(NCc5cccc(Cl)c5)ncnc43)[C@H](O)[C@@H]2O)C(C)C)cc1. The van der Waals surface area contributed by atoms with Crippen LogP contribution >= 0.6 is 11.6 Å². The van der Waals surface area contributed by atoms with Gasteiger partial charge in [0.25, 0.3) is 0 Å². The van der Waals surface area contributed by atoms with Gasteiger partial charge >= 0.3 is 6.03 Å². The average Bonchev–Trinajstić information content (AvgIpc) is 3.55. The number of anilines is 2. The van der Waals surface area contributed by atoms with Gasteiger partial charge in [0.05, 0.1) is 6.33 Å². The minimum Gasteiger partial charge on any atom is -0.387 e. The van der Waals surface area contributed by atoms with Crippen LogP contribution in [0.3, 0.4) is 0 Å². The van der Waals surface area contributed by atoms with Crippen molar-refractivity contribution in [2.45, 2.75) is 64.3 Å². The van der Waals surface area contributed by atoms with Gasteiger partial charge in [-0.3, -0.25) is 9.47 Å². The quantitative estimate of drug-likeness (QED) is 0.148.